The number of aryl methyl sites for hydroxylation is 1. The number of nitrogens with one attached hydrogen (secondary N) is 2. The number of fused-ring (bicyclic) bond motifs is 6. The fraction of sp³-hybridized carbons (Fsp3) is 0.167. The highest BCUT2D eigenvalue weighted by Gasteiger charge is 2.20. The van der Waals surface area contributed by atoms with Gasteiger partial charge in [0, 0.05) is 45.9 Å². The molecule has 3 aromatic heterocycles. The van der Waals surface area contributed by atoms with Crippen LogP contribution in [-0.4, -0.2) is 87.9 Å². The Hall–Kier alpha value is -10.1. The zero-order chi connectivity index (χ0) is 54.7. The molecule has 0 spiro atoms. The Labute approximate surface area is 449 Å². The molecule has 0 fully saturated rings. The number of phenolic OH excluding ortho intramolecular Hbond substituents is 3. The minimum Gasteiger partial charge on any atom is -0.506 e. The third kappa shape index (κ3) is 11.4. The lowest BCUT2D eigenvalue weighted by atomic mass is 9.90. The van der Waals surface area contributed by atoms with E-state index in [1.165, 1.54) is 36.5 Å². The van der Waals surface area contributed by atoms with Crippen molar-refractivity contribution in [2.75, 3.05) is 59.0 Å². The third-order valence-corrected chi connectivity index (χ3v) is 13.1. The summed E-state index contributed by atoms with van der Waals surface area (Å²) in [5.74, 6) is 5.50. The summed E-state index contributed by atoms with van der Waals surface area (Å²) >= 11 is 0. The van der Waals surface area contributed by atoms with Crippen molar-refractivity contribution in [1.82, 2.24) is 29.9 Å². The van der Waals surface area contributed by atoms with Crippen molar-refractivity contribution in [3.63, 3.8) is 0 Å². The molecule has 12 rings (SSSR count). The molecular formula is C60H57N9O9. The van der Waals surface area contributed by atoms with Crippen molar-refractivity contribution in [3.05, 3.63) is 158 Å². The summed E-state index contributed by atoms with van der Waals surface area (Å²) < 4.78 is 31.8. The van der Waals surface area contributed by atoms with Crippen LogP contribution in [0.4, 0.5) is 28.7 Å². The normalized spacial score (nSPS) is 11.5. The highest BCUT2D eigenvalue weighted by molar-refractivity contribution is 6.01. The Bertz CT molecular complexity index is 3860. The molecule has 0 amide bonds. The van der Waals surface area contributed by atoms with Gasteiger partial charge >= 0.3 is 0 Å². The highest BCUT2D eigenvalue weighted by Crippen LogP contribution is 2.41. The third-order valence-electron chi connectivity index (χ3n) is 13.1. The quantitative estimate of drug-likeness (QED) is 0.0551. The van der Waals surface area contributed by atoms with Crippen LogP contribution in [-0.2, 0) is 12.8 Å². The molecule has 396 valence electrons. The molecule has 11 aromatic rings. The Morgan fingerprint density at radius 1 is 0.423 bits per heavy atom. The maximum atomic E-state index is 10.4. The average molecular weight is 1050 g/mol. The minimum atomic E-state index is 0.147. The first-order valence-electron chi connectivity index (χ1n) is 24.6. The number of aromatic nitrogens is 6. The van der Waals surface area contributed by atoms with Crippen LogP contribution < -0.4 is 44.8 Å². The van der Waals surface area contributed by atoms with Gasteiger partial charge in [0.25, 0.3) is 0 Å². The number of aromatic hydroxyl groups is 3. The molecule has 0 saturated heterocycles. The molecule has 18 heteroatoms. The average Bonchev–Trinajstić information content (AvgIpc) is 3.53. The van der Waals surface area contributed by atoms with Gasteiger partial charge in [-0.25, -0.2) is 29.9 Å². The second-order valence-electron chi connectivity index (χ2n) is 17.7. The zero-order valence-corrected chi connectivity index (χ0v) is 43.7. The molecule has 7 N–H and O–H groups in total. The largest absolute Gasteiger partial charge is 0.506 e. The molecule has 0 aliphatic heterocycles. The smallest absolute Gasteiger partial charge is 0.162 e. The standard InChI is InChI=1S/C20H21N3O3.C20H17N3O3.C10H10N2O2.C10H9NO/c2*1-25-17-9-14-15(10-18(17)26-2)21-11-22-20(14)23-19-13-6-4-3-5-12(13)7-8-16(19)24;1-13-9-3-7-5-11-6-12-8(7)4-10(9)14-2;11-9-5-7-3-1-2-4-8(7)6-10(9)12/h7-11,24H,3-6H2,1-2H3,(H,21,22,23);3-11,24H,1-2H3,(H,21,22,23);3-6H,1-2H3;1-6,12H,11H2. The lowest BCUT2D eigenvalue weighted by molar-refractivity contribution is 0.356. The second kappa shape index (κ2) is 24.1. The van der Waals surface area contributed by atoms with Crippen LogP contribution in [0.25, 0.3) is 54.3 Å². The Morgan fingerprint density at radius 3 is 1.53 bits per heavy atom. The summed E-state index contributed by atoms with van der Waals surface area (Å²) in [5, 5.41) is 43.2. The van der Waals surface area contributed by atoms with Gasteiger partial charge in [0.2, 0.25) is 0 Å². The molecule has 0 unspecified atom stereocenters. The van der Waals surface area contributed by atoms with Gasteiger partial charge in [0.05, 0.1) is 76.3 Å². The van der Waals surface area contributed by atoms with Gasteiger partial charge in [0.15, 0.2) is 34.5 Å². The number of anilines is 5. The van der Waals surface area contributed by atoms with E-state index < -0.39 is 0 Å². The summed E-state index contributed by atoms with van der Waals surface area (Å²) in [6, 6.07) is 37.3. The first-order valence-corrected chi connectivity index (χ1v) is 24.6. The molecule has 8 aromatic carbocycles. The molecular weight excluding hydrogens is 991 g/mol. The summed E-state index contributed by atoms with van der Waals surface area (Å²) in [7, 11) is 9.56. The highest BCUT2D eigenvalue weighted by atomic mass is 16.5. The fourth-order valence-electron chi connectivity index (χ4n) is 9.10. The number of benzene rings is 8. The molecule has 0 bridgehead atoms. The van der Waals surface area contributed by atoms with Crippen molar-refractivity contribution in [2.45, 2.75) is 25.7 Å². The zero-order valence-electron chi connectivity index (χ0n) is 43.7. The topological polar surface area (TPSA) is 243 Å². The van der Waals surface area contributed by atoms with Gasteiger partial charge in [-0.15, -0.1) is 0 Å². The molecule has 18 nitrogen and oxygen atoms in total. The van der Waals surface area contributed by atoms with E-state index in [0.717, 1.165) is 73.7 Å². The van der Waals surface area contributed by atoms with Gasteiger partial charge in [-0.3, -0.25) is 0 Å². The Balaban J connectivity index is 0.000000133. The van der Waals surface area contributed by atoms with E-state index in [9.17, 15) is 15.3 Å². The molecule has 0 atom stereocenters. The van der Waals surface area contributed by atoms with Gasteiger partial charge in [-0.05, 0) is 95.4 Å². The monoisotopic (exact) mass is 1050 g/mol. The SMILES string of the molecule is COc1cc2cncnc2cc1OC.COc1cc2ncnc(Nc3c(O)ccc4c3CCCC4)c2cc1OC.COc1cc2ncnc(Nc3c(O)ccc4ccccc34)c2cc1OC.Nc1cc2ccccc2cc1O. The van der Waals surface area contributed by atoms with Gasteiger partial charge in [-0.2, -0.15) is 0 Å². The minimum absolute atomic E-state index is 0.147. The van der Waals surface area contributed by atoms with Crippen molar-refractivity contribution in [2.24, 2.45) is 0 Å². The van der Waals surface area contributed by atoms with E-state index in [-0.39, 0.29) is 17.2 Å². The van der Waals surface area contributed by atoms with Gasteiger partial charge < -0.3 is 60.1 Å². The molecule has 0 radical (unpaired) electrons. The predicted octanol–water partition coefficient (Wildman–Crippen LogP) is 12.0. The second-order valence-corrected chi connectivity index (χ2v) is 17.7. The van der Waals surface area contributed by atoms with Crippen molar-refractivity contribution < 1.29 is 43.7 Å². The fourth-order valence-corrected chi connectivity index (χ4v) is 9.10. The lowest BCUT2D eigenvalue weighted by Crippen LogP contribution is -2.07. The van der Waals surface area contributed by atoms with Gasteiger partial charge in [-0.1, -0.05) is 60.7 Å². The Kier molecular flexibility index (Phi) is 16.3. The molecule has 3 heterocycles. The number of ether oxygens (including phenoxy) is 6. The van der Waals surface area contributed by atoms with E-state index in [1.807, 2.05) is 91.0 Å². The lowest BCUT2D eigenvalue weighted by Gasteiger charge is -2.21. The summed E-state index contributed by atoms with van der Waals surface area (Å²) in [4.78, 5) is 25.4. The summed E-state index contributed by atoms with van der Waals surface area (Å²) in [6.07, 6.45) is 10.5. The van der Waals surface area contributed by atoms with E-state index in [4.69, 9.17) is 34.2 Å². The number of methoxy groups -OCH3 is 6. The van der Waals surface area contributed by atoms with Crippen molar-refractivity contribution in [1.29, 1.82) is 0 Å². The van der Waals surface area contributed by atoms with Gasteiger partial charge in [0.1, 0.15) is 47.9 Å². The molecule has 1 aliphatic rings. The molecule has 1 aliphatic carbocycles. The van der Waals surface area contributed by atoms with Crippen LogP contribution in [0.3, 0.4) is 0 Å². The molecule has 78 heavy (non-hydrogen) atoms. The number of nitrogen functional groups attached to an aromatic ring is 1. The van der Waals surface area contributed by atoms with E-state index in [1.54, 1.807) is 79.2 Å². The van der Waals surface area contributed by atoms with E-state index in [2.05, 4.69) is 40.5 Å². The number of nitrogens with zero attached hydrogens (tertiary/aromatic N) is 6. The predicted molar refractivity (Wildman–Crippen MR) is 305 cm³/mol. The van der Waals surface area contributed by atoms with Crippen LogP contribution in [0.2, 0.25) is 0 Å². The molecule has 0 saturated carbocycles. The number of nitrogens with two attached hydrogens (primary N) is 1. The first kappa shape index (κ1) is 52.8. The summed E-state index contributed by atoms with van der Waals surface area (Å²) in [6.45, 7) is 0. The van der Waals surface area contributed by atoms with E-state index in [0.29, 0.717) is 63.0 Å². The van der Waals surface area contributed by atoms with E-state index >= 15 is 0 Å². The first-order chi connectivity index (χ1) is 38.0. The maximum Gasteiger partial charge on any atom is 0.162 e. The maximum absolute atomic E-state index is 10.4. The Morgan fingerprint density at radius 2 is 0.910 bits per heavy atom. The van der Waals surface area contributed by atoms with Crippen molar-refractivity contribution >= 4 is 83.0 Å². The van der Waals surface area contributed by atoms with Crippen LogP contribution in [0.15, 0.2) is 147 Å². The number of phenols is 3. The number of rotatable bonds is 10. The van der Waals surface area contributed by atoms with Crippen LogP contribution in [0, 0.1) is 0 Å². The van der Waals surface area contributed by atoms with Crippen LogP contribution >= 0.6 is 0 Å². The summed E-state index contributed by atoms with van der Waals surface area (Å²) in [5.41, 5.74) is 12.0. The number of hydrogen-bond donors (Lipinski definition) is 6. The number of hydrogen-bond acceptors (Lipinski definition) is 18. The van der Waals surface area contributed by atoms with Crippen LogP contribution in [0.1, 0.15) is 24.0 Å². The van der Waals surface area contributed by atoms with Crippen molar-refractivity contribution in [3.8, 4) is 51.7 Å². The van der Waals surface area contributed by atoms with Crippen LogP contribution in [0.5, 0.6) is 51.7 Å².